The third kappa shape index (κ3) is 2.03. The standard InChI is InChI=1S/C14H12N2O5/c1-8-11(21-14(19)20-8)7-16-12(17)9-5-3-4-6-10(9)15(2)13(16)18/h3-6H,7H2,1-2H3. The Morgan fingerprint density at radius 1 is 1.10 bits per heavy atom. The zero-order chi connectivity index (χ0) is 15.1. The van der Waals surface area contributed by atoms with Gasteiger partial charge in [-0.05, 0) is 19.1 Å². The van der Waals surface area contributed by atoms with Gasteiger partial charge in [0.1, 0.15) is 5.76 Å². The third-order valence-electron chi connectivity index (χ3n) is 3.40. The van der Waals surface area contributed by atoms with Crippen LogP contribution in [0, 0.1) is 6.92 Å². The molecule has 108 valence electrons. The highest BCUT2D eigenvalue weighted by Crippen LogP contribution is 2.08. The normalized spacial score (nSPS) is 11.1. The molecule has 0 amide bonds. The van der Waals surface area contributed by atoms with Gasteiger partial charge in [0.2, 0.25) is 0 Å². The van der Waals surface area contributed by atoms with E-state index in [2.05, 4.69) is 0 Å². The van der Waals surface area contributed by atoms with Crippen LogP contribution in [0.1, 0.15) is 11.5 Å². The molecule has 0 aliphatic carbocycles. The molecule has 0 radical (unpaired) electrons. The number of nitrogens with zero attached hydrogens (tertiary/aromatic N) is 2. The Morgan fingerprint density at radius 3 is 2.48 bits per heavy atom. The van der Waals surface area contributed by atoms with Crippen LogP contribution < -0.4 is 17.1 Å². The van der Waals surface area contributed by atoms with Crippen molar-refractivity contribution in [2.45, 2.75) is 13.5 Å². The van der Waals surface area contributed by atoms with Gasteiger partial charge in [-0.3, -0.25) is 13.9 Å². The number of hydrogen-bond acceptors (Lipinski definition) is 5. The minimum atomic E-state index is -0.854. The van der Waals surface area contributed by atoms with Gasteiger partial charge in [-0.25, -0.2) is 9.59 Å². The molecule has 0 spiro atoms. The van der Waals surface area contributed by atoms with Gasteiger partial charge < -0.3 is 8.83 Å². The van der Waals surface area contributed by atoms with Crippen LogP contribution in [0.15, 0.2) is 47.5 Å². The Bertz CT molecular complexity index is 1000. The summed E-state index contributed by atoms with van der Waals surface area (Å²) in [5.41, 5.74) is -0.368. The van der Waals surface area contributed by atoms with Gasteiger partial charge in [0.15, 0.2) is 5.76 Å². The van der Waals surface area contributed by atoms with E-state index in [0.717, 1.165) is 4.57 Å². The lowest BCUT2D eigenvalue weighted by Crippen LogP contribution is -2.39. The summed E-state index contributed by atoms with van der Waals surface area (Å²) < 4.78 is 12.0. The Hall–Kier alpha value is -2.83. The lowest BCUT2D eigenvalue weighted by atomic mass is 10.2. The van der Waals surface area contributed by atoms with E-state index in [4.69, 9.17) is 8.83 Å². The van der Waals surface area contributed by atoms with Crippen LogP contribution in [0.25, 0.3) is 10.9 Å². The first-order valence-corrected chi connectivity index (χ1v) is 6.27. The van der Waals surface area contributed by atoms with Crippen LogP contribution in [0.2, 0.25) is 0 Å². The molecule has 0 unspecified atom stereocenters. The van der Waals surface area contributed by atoms with Crippen molar-refractivity contribution in [1.82, 2.24) is 9.13 Å². The SMILES string of the molecule is Cc1oc(=O)oc1Cn1c(=O)c2ccccc2n(C)c1=O. The third-order valence-corrected chi connectivity index (χ3v) is 3.40. The van der Waals surface area contributed by atoms with Crippen molar-refractivity contribution < 1.29 is 8.83 Å². The number of aryl methyl sites for hydroxylation is 2. The zero-order valence-electron chi connectivity index (χ0n) is 11.5. The predicted octanol–water partition coefficient (Wildman–Crippen LogP) is 0.603. The minimum Gasteiger partial charge on any atom is -0.396 e. The van der Waals surface area contributed by atoms with E-state index < -0.39 is 17.1 Å². The second-order valence-corrected chi connectivity index (χ2v) is 4.68. The first-order valence-electron chi connectivity index (χ1n) is 6.27. The monoisotopic (exact) mass is 288 g/mol. The highest BCUT2D eigenvalue weighted by atomic mass is 16.6. The molecule has 0 bridgehead atoms. The highest BCUT2D eigenvalue weighted by Gasteiger charge is 2.15. The van der Waals surface area contributed by atoms with E-state index in [1.54, 1.807) is 31.3 Å². The van der Waals surface area contributed by atoms with Gasteiger partial charge in [0, 0.05) is 7.05 Å². The molecule has 0 N–H and O–H groups in total. The first kappa shape index (κ1) is 13.2. The van der Waals surface area contributed by atoms with Gasteiger partial charge in [-0.1, -0.05) is 12.1 Å². The molecule has 0 fully saturated rings. The van der Waals surface area contributed by atoms with Crippen LogP contribution in [0.4, 0.5) is 0 Å². The Morgan fingerprint density at radius 2 is 1.81 bits per heavy atom. The molecule has 7 nitrogen and oxygen atoms in total. The molecule has 1 aromatic carbocycles. The molecular formula is C14H12N2O5. The van der Waals surface area contributed by atoms with E-state index >= 15 is 0 Å². The van der Waals surface area contributed by atoms with Crippen molar-refractivity contribution in [2.24, 2.45) is 7.05 Å². The second kappa shape index (κ2) is 4.62. The molecule has 0 atom stereocenters. The lowest BCUT2D eigenvalue weighted by Gasteiger charge is -2.09. The van der Waals surface area contributed by atoms with Crippen molar-refractivity contribution in [3.05, 3.63) is 67.2 Å². The molecule has 3 aromatic rings. The van der Waals surface area contributed by atoms with Crippen molar-refractivity contribution in [3.8, 4) is 0 Å². The molecule has 2 heterocycles. The van der Waals surface area contributed by atoms with Crippen molar-refractivity contribution in [2.75, 3.05) is 0 Å². The maximum absolute atomic E-state index is 12.4. The Labute approximate surface area is 117 Å². The van der Waals surface area contributed by atoms with Gasteiger partial charge in [0.25, 0.3) is 5.56 Å². The Balaban J connectivity index is 2.29. The van der Waals surface area contributed by atoms with Crippen LogP contribution in [-0.2, 0) is 13.6 Å². The van der Waals surface area contributed by atoms with Crippen LogP contribution in [0.5, 0.6) is 0 Å². The molecule has 0 aliphatic rings. The fourth-order valence-electron chi connectivity index (χ4n) is 2.27. The lowest BCUT2D eigenvalue weighted by molar-refractivity contribution is 0.365. The van der Waals surface area contributed by atoms with E-state index in [1.807, 2.05) is 0 Å². The first-order chi connectivity index (χ1) is 9.99. The molecule has 0 saturated heterocycles. The van der Waals surface area contributed by atoms with Crippen LogP contribution in [0.3, 0.4) is 0 Å². The van der Waals surface area contributed by atoms with Crippen molar-refractivity contribution in [3.63, 3.8) is 0 Å². The summed E-state index contributed by atoms with van der Waals surface area (Å²) in [6, 6.07) is 6.82. The summed E-state index contributed by atoms with van der Waals surface area (Å²) in [4.78, 5) is 35.8. The average molecular weight is 288 g/mol. The van der Waals surface area contributed by atoms with Crippen molar-refractivity contribution in [1.29, 1.82) is 0 Å². The number of hydrogen-bond donors (Lipinski definition) is 0. The van der Waals surface area contributed by atoms with Gasteiger partial charge >= 0.3 is 11.5 Å². The number of para-hydroxylation sites is 1. The smallest absolute Gasteiger partial charge is 0.396 e. The molecule has 0 saturated carbocycles. The largest absolute Gasteiger partial charge is 0.519 e. The van der Waals surface area contributed by atoms with E-state index in [9.17, 15) is 14.4 Å². The molecule has 21 heavy (non-hydrogen) atoms. The molecular weight excluding hydrogens is 276 g/mol. The van der Waals surface area contributed by atoms with Crippen molar-refractivity contribution >= 4 is 10.9 Å². The maximum atomic E-state index is 12.4. The van der Waals surface area contributed by atoms with Gasteiger partial charge in [-0.15, -0.1) is 0 Å². The molecule has 0 aliphatic heterocycles. The summed E-state index contributed by atoms with van der Waals surface area (Å²) >= 11 is 0. The van der Waals surface area contributed by atoms with E-state index in [0.29, 0.717) is 10.9 Å². The van der Waals surface area contributed by atoms with E-state index in [1.165, 1.54) is 11.5 Å². The fraction of sp³-hybridized carbons (Fsp3) is 0.214. The summed E-state index contributed by atoms with van der Waals surface area (Å²) in [6.07, 6.45) is 0. The maximum Gasteiger partial charge on any atom is 0.519 e. The highest BCUT2D eigenvalue weighted by molar-refractivity contribution is 5.77. The van der Waals surface area contributed by atoms with Crippen LogP contribution >= 0.6 is 0 Å². The fourth-order valence-corrected chi connectivity index (χ4v) is 2.27. The molecule has 3 rings (SSSR count). The van der Waals surface area contributed by atoms with Gasteiger partial charge in [-0.2, -0.15) is 0 Å². The van der Waals surface area contributed by atoms with Gasteiger partial charge in [0.05, 0.1) is 17.4 Å². The number of aromatic nitrogens is 2. The van der Waals surface area contributed by atoms with Crippen LogP contribution in [-0.4, -0.2) is 9.13 Å². The number of fused-ring (bicyclic) bond motifs is 1. The summed E-state index contributed by atoms with van der Waals surface area (Å²) in [5.74, 6) is -0.440. The second-order valence-electron chi connectivity index (χ2n) is 4.68. The topological polar surface area (TPSA) is 87.3 Å². The van der Waals surface area contributed by atoms with E-state index in [-0.39, 0.29) is 18.1 Å². The average Bonchev–Trinajstić information content (AvgIpc) is 2.79. The predicted molar refractivity (Wildman–Crippen MR) is 74.5 cm³/mol. The number of benzene rings is 1. The minimum absolute atomic E-state index is 0.145. The zero-order valence-corrected chi connectivity index (χ0v) is 11.5. The quantitative estimate of drug-likeness (QED) is 0.689. The summed E-state index contributed by atoms with van der Waals surface area (Å²) in [5, 5.41) is 0.420. The Kier molecular flexibility index (Phi) is 2.90. The molecule has 7 heteroatoms. The number of rotatable bonds is 2. The summed E-state index contributed by atoms with van der Waals surface area (Å²) in [7, 11) is 1.58. The molecule has 2 aromatic heterocycles. The summed E-state index contributed by atoms with van der Waals surface area (Å²) in [6.45, 7) is 1.39.